The van der Waals surface area contributed by atoms with E-state index in [1.54, 1.807) is 0 Å². The van der Waals surface area contributed by atoms with Crippen molar-refractivity contribution in [2.24, 2.45) is 11.7 Å². The average molecular weight is 343 g/mol. The number of esters is 1. The summed E-state index contributed by atoms with van der Waals surface area (Å²) in [5.74, 6) is -0.782. The van der Waals surface area contributed by atoms with Crippen molar-refractivity contribution in [1.82, 2.24) is 5.32 Å². The Kier molecular flexibility index (Phi) is 10.3. The summed E-state index contributed by atoms with van der Waals surface area (Å²) >= 11 is 0. The molecule has 0 aliphatic heterocycles. The lowest BCUT2D eigenvalue weighted by molar-refractivity contribution is -0.145. The van der Waals surface area contributed by atoms with Crippen LogP contribution in [0.4, 0.5) is 0 Å². The first-order chi connectivity index (χ1) is 10.4. The fourth-order valence-corrected chi connectivity index (χ4v) is 2.21. The van der Waals surface area contributed by atoms with Gasteiger partial charge in [0.25, 0.3) is 0 Å². The zero-order valence-corrected chi connectivity index (χ0v) is 14.8. The molecule has 1 aromatic carbocycles. The van der Waals surface area contributed by atoms with Gasteiger partial charge in [0.2, 0.25) is 5.91 Å². The molecule has 0 radical (unpaired) electrons. The molecule has 1 aromatic rings. The van der Waals surface area contributed by atoms with Gasteiger partial charge in [-0.3, -0.25) is 9.59 Å². The number of benzene rings is 1. The molecule has 5 nitrogen and oxygen atoms in total. The van der Waals surface area contributed by atoms with E-state index in [0.717, 1.165) is 11.1 Å². The lowest BCUT2D eigenvalue weighted by atomic mass is 9.98. The van der Waals surface area contributed by atoms with Crippen molar-refractivity contribution in [1.29, 1.82) is 0 Å². The molecule has 130 valence electrons. The molecule has 0 fully saturated rings. The Bertz CT molecular complexity index is 506. The van der Waals surface area contributed by atoms with Gasteiger partial charge < -0.3 is 15.8 Å². The monoisotopic (exact) mass is 342 g/mol. The molecule has 0 saturated carbocycles. The molecule has 0 heterocycles. The molecule has 0 aliphatic carbocycles. The Hall–Kier alpha value is -1.59. The lowest BCUT2D eigenvalue weighted by Gasteiger charge is -2.16. The van der Waals surface area contributed by atoms with Gasteiger partial charge in [0.15, 0.2) is 0 Å². The molecule has 2 atom stereocenters. The van der Waals surface area contributed by atoms with Crippen LogP contribution in [0.2, 0.25) is 0 Å². The Morgan fingerprint density at radius 3 is 2.61 bits per heavy atom. The largest absolute Gasteiger partial charge is 0.469 e. The number of nitrogens with two attached hydrogens (primary N) is 1. The number of carbonyl (C=O) groups excluding carboxylic acids is 2. The Balaban J connectivity index is 0.00000484. The normalized spacial score (nSPS) is 12.7. The summed E-state index contributed by atoms with van der Waals surface area (Å²) in [7, 11) is 1.36. The molecule has 0 saturated heterocycles. The summed E-state index contributed by atoms with van der Waals surface area (Å²) in [6.45, 7) is 4.15. The van der Waals surface area contributed by atoms with E-state index in [0.29, 0.717) is 19.3 Å². The van der Waals surface area contributed by atoms with Crippen LogP contribution >= 0.6 is 12.4 Å². The number of carbonyl (C=O) groups is 2. The van der Waals surface area contributed by atoms with Crippen LogP contribution in [-0.4, -0.2) is 31.6 Å². The van der Waals surface area contributed by atoms with Crippen LogP contribution in [0.5, 0.6) is 0 Å². The molecule has 0 aliphatic rings. The summed E-state index contributed by atoms with van der Waals surface area (Å²) in [6.07, 6.45) is 1.55. The van der Waals surface area contributed by atoms with E-state index in [4.69, 9.17) is 10.5 Å². The van der Waals surface area contributed by atoms with Gasteiger partial charge >= 0.3 is 5.97 Å². The lowest BCUT2D eigenvalue weighted by Crippen LogP contribution is -2.35. The Morgan fingerprint density at radius 1 is 1.35 bits per heavy atom. The summed E-state index contributed by atoms with van der Waals surface area (Å²) in [4.78, 5) is 23.6. The van der Waals surface area contributed by atoms with Crippen LogP contribution in [0.25, 0.3) is 0 Å². The number of hydrogen-bond donors (Lipinski definition) is 2. The van der Waals surface area contributed by atoms with Crippen molar-refractivity contribution in [3.63, 3.8) is 0 Å². The molecule has 6 heteroatoms. The number of amides is 1. The highest BCUT2D eigenvalue weighted by molar-refractivity contribution is 5.85. The Morgan fingerprint density at radius 2 is 2.04 bits per heavy atom. The standard InChI is InChI=1S/C17H26N2O3.ClH/c1-12-5-4-6-14(9-12)10-15(17(21)22-3)11-19-16(20)8-7-13(2)18;/h4-6,9,13,15H,7-8,10-11,18H2,1-3H3,(H,19,20);1H. The number of halogens is 1. The van der Waals surface area contributed by atoms with Crippen molar-refractivity contribution in [3.8, 4) is 0 Å². The molecule has 0 spiro atoms. The van der Waals surface area contributed by atoms with Gasteiger partial charge in [-0.05, 0) is 32.3 Å². The highest BCUT2D eigenvalue weighted by Gasteiger charge is 2.20. The average Bonchev–Trinajstić information content (AvgIpc) is 2.48. The van der Waals surface area contributed by atoms with E-state index < -0.39 is 0 Å². The highest BCUT2D eigenvalue weighted by Crippen LogP contribution is 2.12. The molecule has 23 heavy (non-hydrogen) atoms. The van der Waals surface area contributed by atoms with Gasteiger partial charge in [-0.1, -0.05) is 29.8 Å². The Labute approximate surface area is 144 Å². The summed E-state index contributed by atoms with van der Waals surface area (Å²) in [6, 6.07) is 7.97. The smallest absolute Gasteiger partial charge is 0.310 e. The van der Waals surface area contributed by atoms with Crippen molar-refractivity contribution in [2.45, 2.75) is 39.2 Å². The van der Waals surface area contributed by atoms with Crippen LogP contribution < -0.4 is 11.1 Å². The third-order valence-corrected chi connectivity index (χ3v) is 3.47. The SMILES string of the molecule is COC(=O)C(CNC(=O)CCC(C)N)Cc1cccc(C)c1.Cl. The number of aryl methyl sites for hydroxylation is 1. The van der Waals surface area contributed by atoms with E-state index in [1.165, 1.54) is 7.11 Å². The quantitative estimate of drug-likeness (QED) is 0.708. The minimum atomic E-state index is -0.383. The third-order valence-electron chi connectivity index (χ3n) is 3.47. The maximum atomic E-state index is 11.9. The minimum Gasteiger partial charge on any atom is -0.469 e. The number of rotatable bonds is 8. The topological polar surface area (TPSA) is 81.4 Å². The van der Waals surface area contributed by atoms with Gasteiger partial charge in [0.05, 0.1) is 13.0 Å². The fraction of sp³-hybridized carbons (Fsp3) is 0.529. The van der Waals surface area contributed by atoms with Crippen molar-refractivity contribution >= 4 is 24.3 Å². The second-order valence-electron chi connectivity index (χ2n) is 5.73. The van der Waals surface area contributed by atoms with Gasteiger partial charge in [0, 0.05) is 19.0 Å². The second-order valence-corrected chi connectivity index (χ2v) is 5.73. The van der Waals surface area contributed by atoms with Crippen LogP contribution in [0.1, 0.15) is 30.9 Å². The van der Waals surface area contributed by atoms with Gasteiger partial charge in [-0.2, -0.15) is 0 Å². The summed E-state index contributed by atoms with van der Waals surface area (Å²) < 4.78 is 4.84. The molecule has 0 aromatic heterocycles. The predicted molar refractivity (Wildman–Crippen MR) is 93.5 cm³/mol. The van der Waals surface area contributed by atoms with Crippen molar-refractivity contribution < 1.29 is 14.3 Å². The van der Waals surface area contributed by atoms with Crippen LogP contribution in [0.15, 0.2) is 24.3 Å². The molecular formula is C17H27ClN2O3. The first-order valence-electron chi connectivity index (χ1n) is 7.58. The predicted octanol–water partition coefficient (Wildman–Crippen LogP) is 1.99. The fourth-order valence-electron chi connectivity index (χ4n) is 2.21. The molecule has 1 rings (SSSR count). The highest BCUT2D eigenvalue weighted by atomic mass is 35.5. The van der Waals surface area contributed by atoms with Crippen LogP contribution in [-0.2, 0) is 20.7 Å². The molecule has 0 bridgehead atoms. The van der Waals surface area contributed by atoms with Crippen LogP contribution in [0, 0.1) is 12.8 Å². The molecule has 1 amide bonds. The van der Waals surface area contributed by atoms with E-state index >= 15 is 0 Å². The second kappa shape index (κ2) is 11.0. The molecular weight excluding hydrogens is 316 g/mol. The first-order valence-corrected chi connectivity index (χ1v) is 7.58. The minimum absolute atomic E-state index is 0. The van der Waals surface area contributed by atoms with Crippen molar-refractivity contribution in [2.75, 3.05) is 13.7 Å². The first kappa shape index (κ1) is 21.4. The van der Waals surface area contributed by atoms with Crippen molar-refractivity contribution in [3.05, 3.63) is 35.4 Å². The summed E-state index contributed by atoms with van der Waals surface area (Å²) in [5.41, 5.74) is 7.83. The van der Waals surface area contributed by atoms with E-state index in [1.807, 2.05) is 38.1 Å². The maximum absolute atomic E-state index is 11.9. The molecule has 2 unspecified atom stereocenters. The molecule has 3 N–H and O–H groups in total. The van der Waals surface area contributed by atoms with E-state index in [2.05, 4.69) is 5.32 Å². The zero-order valence-electron chi connectivity index (χ0n) is 14.0. The van der Waals surface area contributed by atoms with Gasteiger partial charge in [-0.15, -0.1) is 12.4 Å². The third kappa shape index (κ3) is 8.57. The van der Waals surface area contributed by atoms with Crippen LogP contribution in [0.3, 0.4) is 0 Å². The number of methoxy groups -OCH3 is 1. The van der Waals surface area contributed by atoms with Gasteiger partial charge in [0.1, 0.15) is 0 Å². The summed E-state index contributed by atoms with van der Waals surface area (Å²) in [5, 5.41) is 2.79. The van der Waals surface area contributed by atoms with E-state index in [-0.39, 0.29) is 42.8 Å². The number of hydrogen-bond acceptors (Lipinski definition) is 4. The zero-order chi connectivity index (χ0) is 16.5. The van der Waals surface area contributed by atoms with E-state index in [9.17, 15) is 9.59 Å². The van der Waals surface area contributed by atoms with Gasteiger partial charge in [-0.25, -0.2) is 0 Å². The number of nitrogens with one attached hydrogen (secondary N) is 1. The maximum Gasteiger partial charge on any atom is 0.310 e. The number of ether oxygens (including phenoxy) is 1.